The van der Waals surface area contributed by atoms with Gasteiger partial charge in [0.25, 0.3) is 0 Å². The van der Waals surface area contributed by atoms with E-state index in [1.54, 1.807) is 0 Å². The molecule has 0 saturated carbocycles. The number of hydrogen-bond donors (Lipinski definition) is 0. The summed E-state index contributed by atoms with van der Waals surface area (Å²) in [5, 5.41) is 7.27. The fraction of sp³-hybridized carbons (Fsp3) is 0. The van der Waals surface area contributed by atoms with E-state index < -0.39 is 0 Å². The number of hydrogen-bond acceptors (Lipinski definition) is 2. The highest BCUT2D eigenvalue weighted by molar-refractivity contribution is 6.22. The molecule has 0 aliphatic carbocycles. The van der Waals surface area contributed by atoms with Gasteiger partial charge >= 0.3 is 0 Å². The van der Waals surface area contributed by atoms with Crippen LogP contribution in [0.25, 0.3) is 76.9 Å². The van der Waals surface area contributed by atoms with Crippen molar-refractivity contribution < 1.29 is 4.42 Å². The van der Waals surface area contributed by atoms with Crippen LogP contribution >= 0.6 is 0 Å². The SMILES string of the molecule is c1ccc(N(c2ccc(-c3ccc(-c4cccc5ccccc45)cc3)cc2)c2ccc(-c3cccc4ccc5oc6ccccc6c5c34)cc2)cc1. The fourth-order valence-electron chi connectivity index (χ4n) is 7.77. The summed E-state index contributed by atoms with van der Waals surface area (Å²) in [6.07, 6.45) is 0. The lowest BCUT2D eigenvalue weighted by Crippen LogP contribution is -2.09. The van der Waals surface area contributed by atoms with Gasteiger partial charge in [-0.15, -0.1) is 0 Å². The highest BCUT2D eigenvalue weighted by atomic mass is 16.3. The monoisotopic (exact) mass is 663 g/mol. The lowest BCUT2D eigenvalue weighted by molar-refractivity contribution is 0.669. The smallest absolute Gasteiger partial charge is 0.136 e. The van der Waals surface area contributed by atoms with Crippen LogP contribution in [0.15, 0.2) is 205 Å². The average Bonchev–Trinajstić information content (AvgIpc) is 3.61. The molecule has 0 saturated heterocycles. The number of anilines is 3. The van der Waals surface area contributed by atoms with Crippen LogP contribution < -0.4 is 4.90 Å². The third-order valence-corrected chi connectivity index (χ3v) is 10.3. The first kappa shape index (κ1) is 30.0. The van der Waals surface area contributed by atoms with Gasteiger partial charge in [0.1, 0.15) is 11.2 Å². The maximum absolute atomic E-state index is 6.27. The Morgan fingerprint density at radius 3 is 1.56 bits per heavy atom. The van der Waals surface area contributed by atoms with Crippen molar-refractivity contribution in [3.8, 4) is 33.4 Å². The summed E-state index contributed by atoms with van der Waals surface area (Å²) >= 11 is 0. The largest absolute Gasteiger partial charge is 0.456 e. The van der Waals surface area contributed by atoms with Crippen molar-refractivity contribution in [2.75, 3.05) is 4.90 Å². The molecule has 0 aliphatic rings. The minimum absolute atomic E-state index is 0.914. The third kappa shape index (κ3) is 5.12. The lowest BCUT2D eigenvalue weighted by Gasteiger charge is -2.26. The summed E-state index contributed by atoms with van der Waals surface area (Å²) in [6.45, 7) is 0. The van der Waals surface area contributed by atoms with Gasteiger partial charge in [0.2, 0.25) is 0 Å². The summed E-state index contributed by atoms with van der Waals surface area (Å²) in [7, 11) is 0. The van der Waals surface area contributed by atoms with Crippen molar-refractivity contribution in [1.82, 2.24) is 0 Å². The van der Waals surface area contributed by atoms with Crippen LogP contribution in [0, 0.1) is 0 Å². The Labute approximate surface area is 302 Å². The van der Waals surface area contributed by atoms with E-state index >= 15 is 0 Å². The first-order chi connectivity index (χ1) is 25.8. The van der Waals surface area contributed by atoms with Crippen molar-refractivity contribution in [3.05, 3.63) is 200 Å². The van der Waals surface area contributed by atoms with E-state index in [0.29, 0.717) is 0 Å². The highest BCUT2D eigenvalue weighted by Crippen LogP contribution is 2.41. The van der Waals surface area contributed by atoms with Crippen molar-refractivity contribution in [2.45, 2.75) is 0 Å². The quantitative estimate of drug-likeness (QED) is 0.176. The summed E-state index contributed by atoms with van der Waals surface area (Å²) in [6, 6.07) is 71.6. The highest BCUT2D eigenvalue weighted by Gasteiger charge is 2.16. The van der Waals surface area contributed by atoms with Gasteiger partial charge in [-0.1, -0.05) is 152 Å². The molecule has 2 nitrogen and oxygen atoms in total. The standard InChI is InChI=1S/C50H33NO/c1-2-13-40(14-3-1)51(41-29-24-35(25-30-41)34-20-22-37(23-21-34)44-17-8-11-36-10-4-5-15-43(36)44)42-31-26-38(27-32-42)45-18-9-12-39-28-33-48-50(49(39)45)46-16-6-7-19-47(46)52-48/h1-33H. The van der Waals surface area contributed by atoms with E-state index in [2.05, 4.69) is 193 Å². The molecule has 1 aromatic heterocycles. The molecule has 9 aromatic carbocycles. The first-order valence-electron chi connectivity index (χ1n) is 17.8. The zero-order chi connectivity index (χ0) is 34.4. The Morgan fingerprint density at radius 1 is 0.288 bits per heavy atom. The molecule has 0 amide bonds. The summed E-state index contributed by atoms with van der Waals surface area (Å²) in [4.78, 5) is 2.32. The average molecular weight is 664 g/mol. The van der Waals surface area contributed by atoms with Crippen LogP contribution in [-0.4, -0.2) is 0 Å². The Kier molecular flexibility index (Phi) is 7.18. The predicted octanol–water partition coefficient (Wildman–Crippen LogP) is 14.4. The Bertz CT molecular complexity index is 2860. The minimum Gasteiger partial charge on any atom is -0.456 e. The van der Waals surface area contributed by atoms with E-state index in [1.807, 2.05) is 12.1 Å². The van der Waals surface area contributed by atoms with Crippen LogP contribution in [0.5, 0.6) is 0 Å². The number of fused-ring (bicyclic) bond motifs is 6. The zero-order valence-corrected chi connectivity index (χ0v) is 28.4. The maximum atomic E-state index is 6.27. The van der Waals surface area contributed by atoms with Crippen molar-refractivity contribution >= 4 is 60.5 Å². The van der Waals surface area contributed by atoms with E-state index in [1.165, 1.54) is 60.3 Å². The molecule has 0 aliphatic heterocycles. The predicted molar refractivity (Wildman–Crippen MR) is 220 cm³/mol. The number of para-hydroxylation sites is 2. The maximum Gasteiger partial charge on any atom is 0.136 e. The van der Waals surface area contributed by atoms with Gasteiger partial charge in [-0.3, -0.25) is 0 Å². The molecule has 2 heteroatoms. The fourth-order valence-corrected chi connectivity index (χ4v) is 7.77. The van der Waals surface area contributed by atoms with Crippen molar-refractivity contribution in [1.29, 1.82) is 0 Å². The van der Waals surface area contributed by atoms with Crippen LogP contribution in [0.1, 0.15) is 0 Å². The number of furan rings is 1. The van der Waals surface area contributed by atoms with Crippen LogP contribution in [0.2, 0.25) is 0 Å². The summed E-state index contributed by atoms with van der Waals surface area (Å²) < 4.78 is 6.27. The second-order valence-corrected chi connectivity index (χ2v) is 13.3. The molecule has 10 aromatic rings. The van der Waals surface area contributed by atoms with E-state index in [9.17, 15) is 0 Å². The number of benzene rings is 9. The van der Waals surface area contributed by atoms with Gasteiger partial charge in [-0.25, -0.2) is 0 Å². The molecule has 0 unspecified atom stereocenters. The van der Waals surface area contributed by atoms with Gasteiger partial charge in [0.05, 0.1) is 0 Å². The van der Waals surface area contributed by atoms with Gasteiger partial charge < -0.3 is 9.32 Å². The molecule has 1 heterocycles. The molecular weight excluding hydrogens is 631 g/mol. The Balaban J connectivity index is 0.998. The van der Waals surface area contributed by atoms with Gasteiger partial charge in [0, 0.05) is 33.2 Å². The Hall–Kier alpha value is -6.90. The van der Waals surface area contributed by atoms with E-state index in [-0.39, 0.29) is 0 Å². The molecule has 244 valence electrons. The topological polar surface area (TPSA) is 16.4 Å². The molecule has 0 radical (unpaired) electrons. The van der Waals surface area contributed by atoms with Gasteiger partial charge in [-0.05, 0) is 98.1 Å². The van der Waals surface area contributed by atoms with E-state index in [0.717, 1.165) is 33.6 Å². The number of rotatable bonds is 6. The normalized spacial score (nSPS) is 11.5. The number of nitrogens with zero attached hydrogens (tertiary/aromatic N) is 1. The lowest BCUT2D eigenvalue weighted by atomic mass is 9.94. The van der Waals surface area contributed by atoms with Crippen LogP contribution in [-0.2, 0) is 0 Å². The molecule has 0 fully saturated rings. The van der Waals surface area contributed by atoms with Crippen LogP contribution in [0.3, 0.4) is 0 Å². The molecule has 0 spiro atoms. The molecular formula is C50H33NO. The van der Waals surface area contributed by atoms with Crippen LogP contribution in [0.4, 0.5) is 17.1 Å². The van der Waals surface area contributed by atoms with Gasteiger partial charge in [0.15, 0.2) is 0 Å². The molecule has 0 N–H and O–H groups in total. The summed E-state index contributed by atoms with van der Waals surface area (Å²) in [5.74, 6) is 0. The third-order valence-electron chi connectivity index (χ3n) is 10.3. The zero-order valence-electron chi connectivity index (χ0n) is 28.4. The molecule has 0 bridgehead atoms. The second kappa shape index (κ2) is 12.5. The molecule has 10 rings (SSSR count). The summed E-state index contributed by atoms with van der Waals surface area (Å²) in [5.41, 5.74) is 12.4. The Morgan fingerprint density at radius 2 is 0.808 bits per heavy atom. The van der Waals surface area contributed by atoms with Crippen molar-refractivity contribution in [3.63, 3.8) is 0 Å². The minimum atomic E-state index is 0.914. The second-order valence-electron chi connectivity index (χ2n) is 13.3. The molecule has 52 heavy (non-hydrogen) atoms. The van der Waals surface area contributed by atoms with Crippen molar-refractivity contribution in [2.24, 2.45) is 0 Å². The first-order valence-corrected chi connectivity index (χ1v) is 17.8. The van der Waals surface area contributed by atoms with E-state index in [4.69, 9.17) is 4.42 Å². The molecule has 0 atom stereocenters. The van der Waals surface area contributed by atoms with Gasteiger partial charge in [-0.2, -0.15) is 0 Å².